The molecule has 0 unspecified atom stereocenters. The SMILES string of the molecule is CCCCCCCCCCCCNC(=O)c1ccc(CN(OCC(=O)O)c2ccc(I)cc2)cc1. The van der Waals surface area contributed by atoms with E-state index in [9.17, 15) is 9.59 Å². The number of anilines is 1. The highest BCUT2D eigenvalue weighted by Gasteiger charge is 2.12. The number of nitrogens with one attached hydrogen (secondary N) is 1. The fraction of sp³-hybridized carbons (Fsp3) is 0.500. The van der Waals surface area contributed by atoms with Crippen molar-refractivity contribution in [1.29, 1.82) is 0 Å². The van der Waals surface area contributed by atoms with Gasteiger partial charge in [0.05, 0.1) is 12.2 Å². The number of aliphatic carboxylic acids is 1. The molecular formula is C28H39IN2O4. The van der Waals surface area contributed by atoms with Crippen LogP contribution < -0.4 is 10.4 Å². The van der Waals surface area contributed by atoms with Gasteiger partial charge in [-0.3, -0.25) is 9.63 Å². The third-order valence-electron chi connectivity index (χ3n) is 5.82. The van der Waals surface area contributed by atoms with E-state index >= 15 is 0 Å². The van der Waals surface area contributed by atoms with Crippen molar-refractivity contribution in [1.82, 2.24) is 5.32 Å². The first kappa shape index (κ1) is 29.1. The van der Waals surface area contributed by atoms with Crippen molar-refractivity contribution in [2.75, 3.05) is 18.2 Å². The average molecular weight is 595 g/mol. The lowest BCUT2D eigenvalue weighted by Gasteiger charge is -2.23. The molecule has 0 aromatic heterocycles. The Balaban J connectivity index is 1.72. The molecule has 0 radical (unpaired) electrons. The van der Waals surface area contributed by atoms with Gasteiger partial charge in [0.2, 0.25) is 0 Å². The number of halogens is 1. The molecule has 7 heteroatoms. The van der Waals surface area contributed by atoms with Crippen molar-refractivity contribution in [3.05, 3.63) is 63.2 Å². The number of hydrogen-bond donors (Lipinski definition) is 2. The number of carbonyl (C=O) groups excluding carboxylic acids is 1. The zero-order valence-electron chi connectivity index (χ0n) is 20.8. The number of benzene rings is 2. The van der Waals surface area contributed by atoms with Gasteiger partial charge in [-0.15, -0.1) is 0 Å². The van der Waals surface area contributed by atoms with Crippen LogP contribution in [0.3, 0.4) is 0 Å². The average Bonchev–Trinajstić information content (AvgIpc) is 2.86. The summed E-state index contributed by atoms with van der Waals surface area (Å²) in [7, 11) is 0. The van der Waals surface area contributed by atoms with Crippen LogP contribution in [-0.4, -0.2) is 30.1 Å². The van der Waals surface area contributed by atoms with Crippen molar-refractivity contribution in [2.45, 2.75) is 77.7 Å². The summed E-state index contributed by atoms with van der Waals surface area (Å²) in [6.07, 6.45) is 12.7. The number of rotatable bonds is 18. The van der Waals surface area contributed by atoms with Crippen LogP contribution in [0.25, 0.3) is 0 Å². The molecule has 1 amide bonds. The number of carboxylic acids is 1. The van der Waals surface area contributed by atoms with Crippen LogP contribution in [0, 0.1) is 3.57 Å². The van der Waals surface area contributed by atoms with Crippen molar-refractivity contribution in [2.24, 2.45) is 0 Å². The van der Waals surface area contributed by atoms with Gasteiger partial charge in [0.25, 0.3) is 5.91 Å². The first-order valence-electron chi connectivity index (χ1n) is 12.7. The Kier molecular flexibility index (Phi) is 14.4. The van der Waals surface area contributed by atoms with E-state index in [-0.39, 0.29) is 5.91 Å². The summed E-state index contributed by atoms with van der Waals surface area (Å²) in [5.41, 5.74) is 2.30. The van der Waals surface area contributed by atoms with E-state index in [4.69, 9.17) is 9.94 Å². The molecule has 0 saturated carbocycles. The number of carbonyl (C=O) groups is 2. The van der Waals surface area contributed by atoms with Crippen LogP contribution in [0.1, 0.15) is 87.1 Å². The second kappa shape index (κ2) is 17.3. The fourth-order valence-corrected chi connectivity index (χ4v) is 4.16. The fourth-order valence-electron chi connectivity index (χ4n) is 3.80. The van der Waals surface area contributed by atoms with Crippen molar-refractivity contribution in [3.63, 3.8) is 0 Å². The molecule has 2 N–H and O–H groups in total. The first-order valence-corrected chi connectivity index (χ1v) is 13.8. The zero-order chi connectivity index (χ0) is 25.3. The summed E-state index contributed by atoms with van der Waals surface area (Å²) in [5.74, 6) is -1.10. The summed E-state index contributed by atoms with van der Waals surface area (Å²) >= 11 is 2.22. The van der Waals surface area contributed by atoms with Gasteiger partial charge in [0.1, 0.15) is 0 Å². The number of nitrogens with zero attached hydrogens (tertiary/aromatic N) is 1. The number of unbranched alkanes of at least 4 members (excludes halogenated alkanes) is 9. The predicted octanol–water partition coefficient (Wildman–Crippen LogP) is 6.96. The van der Waals surface area contributed by atoms with Crippen LogP contribution >= 0.6 is 22.6 Å². The number of hydrogen-bond acceptors (Lipinski definition) is 4. The van der Waals surface area contributed by atoms with Crippen LogP contribution in [0.4, 0.5) is 5.69 Å². The quantitative estimate of drug-likeness (QED) is 0.111. The second-order valence-corrected chi connectivity index (χ2v) is 10.1. The maximum absolute atomic E-state index is 12.5. The topological polar surface area (TPSA) is 78.9 Å². The highest BCUT2D eigenvalue weighted by Crippen LogP contribution is 2.20. The van der Waals surface area contributed by atoms with Gasteiger partial charge in [-0.1, -0.05) is 76.8 Å². The molecule has 192 valence electrons. The molecule has 0 bridgehead atoms. The van der Waals surface area contributed by atoms with Crippen molar-refractivity contribution in [3.8, 4) is 0 Å². The van der Waals surface area contributed by atoms with E-state index in [1.54, 1.807) is 17.2 Å². The molecule has 0 aliphatic carbocycles. The van der Waals surface area contributed by atoms with Gasteiger partial charge in [-0.25, -0.2) is 9.86 Å². The normalized spacial score (nSPS) is 10.8. The van der Waals surface area contributed by atoms with E-state index < -0.39 is 12.6 Å². The largest absolute Gasteiger partial charge is 0.479 e. The van der Waals surface area contributed by atoms with Crippen molar-refractivity contribution < 1.29 is 19.5 Å². The summed E-state index contributed by atoms with van der Waals surface area (Å²) in [6, 6.07) is 15.0. The van der Waals surface area contributed by atoms with Gasteiger partial charge in [-0.05, 0) is 71.0 Å². The highest BCUT2D eigenvalue weighted by molar-refractivity contribution is 14.1. The molecule has 0 heterocycles. The highest BCUT2D eigenvalue weighted by atomic mass is 127. The third kappa shape index (κ3) is 12.4. The van der Waals surface area contributed by atoms with E-state index in [1.165, 1.54) is 51.4 Å². The lowest BCUT2D eigenvalue weighted by molar-refractivity contribution is -0.142. The van der Waals surface area contributed by atoms with E-state index in [0.29, 0.717) is 18.7 Å². The monoisotopic (exact) mass is 594 g/mol. The summed E-state index contributed by atoms with van der Waals surface area (Å²) < 4.78 is 1.08. The van der Waals surface area contributed by atoms with E-state index in [0.717, 1.165) is 27.7 Å². The minimum absolute atomic E-state index is 0.0657. The van der Waals surface area contributed by atoms with E-state index in [1.807, 2.05) is 36.4 Å². The van der Waals surface area contributed by atoms with Gasteiger partial charge in [0.15, 0.2) is 6.61 Å². The molecule has 2 aromatic rings. The standard InChI is InChI=1S/C28H39IN2O4/c1-2-3-4-5-6-7-8-9-10-11-20-30-28(34)24-14-12-23(13-15-24)21-31(35-22-27(32)33)26-18-16-25(29)17-19-26/h12-19H,2-11,20-22H2,1H3,(H,30,34)(H,32,33). The Morgan fingerprint density at radius 3 is 2.00 bits per heavy atom. The van der Waals surface area contributed by atoms with Crippen LogP contribution in [-0.2, 0) is 16.2 Å². The number of carboxylic acid groups (broad SMARTS) is 1. The second-order valence-electron chi connectivity index (χ2n) is 8.82. The Morgan fingerprint density at radius 1 is 0.857 bits per heavy atom. The first-order chi connectivity index (χ1) is 17.0. The molecule has 6 nitrogen and oxygen atoms in total. The smallest absolute Gasteiger partial charge is 0.332 e. The molecule has 0 fully saturated rings. The molecule has 2 rings (SSSR count). The predicted molar refractivity (Wildman–Crippen MR) is 150 cm³/mol. The third-order valence-corrected chi connectivity index (χ3v) is 6.54. The van der Waals surface area contributed by atoms with Crippen LogP contribution in [0.2, 0.25) is 0 Å². The van der Waals surface area contributed by atoms with Gasteiger partial charge < -0.3 is 10.4 Å². The number of amides is 1. The molecule has 0 spiro atoms. The van der Waals surface area contributed by atoms with Crippen LogP contribution in [0.5, 0.6) is 0 Å². The molecule has 0 atom stereocenters. The Hall–Kier alpha value is -2.13. The molecular weight excluding hydrogens is 555 g/mol. The van der Waals surface area contributed by atoms with Gasteiger partial charge in [0, 0.05) is 15.7 Å². The Bertz CT molecular complexity index is 872. The lowest BCUT2D eigenvalue weighted by Crippen LogP contribution is -2.26. The molecule has 0 aliphatic heterocycles. The zero-order valence-corrected chi connectivity index (χ0v) is 23.0. The van der Waals surface area contributed by atoms with Gasteiger partial charge >= 0.3 is 5.97 Å². The van der Waals surface area contributed by atoms with Gasteiger partial charge in [-0.2, -0.15) is 0 Å². The molecule has 2 aromatic carbocycles. The lowest BCUT2D eigenvalue weighted by atomic mass is 10.1. The minimum atomic E-state index is -1.03. The van der Waals surface area contributed by atoms with E-state index in [2.05, 4.69) is 34.8 Å². The summed E-state index contributed by atoms with van der Waals surface area (Å²) in [5, 5.41) is 13.6. The molecule has 35 heavy (non-hydrogen) atoms. The maximum Gasteiger partial charge on any atom is 0.332 e. The van der Waals surface area contributed by atoms with Crippen molar-refractivity contribution >= 4 is 40.2 Å². The molecule has 0 aliphatic rings. The van der Waals surface area contributed by atoms with Crippen LogP contribution in [0.15, 0.2) is 48.5 Å². The Labute approximate surface area is 223 Å². The Morgan fingerprint density at radius 2 is 1.43 bits per heavy atom. The molecule has 0 saturated heterocycles. The summed E-state index contributed by atoms with van der Waals surface area (Å²) in [4.78, 5) is 28.9. The minimum Gasteiger partial charge on any atom is -0.479 e. The summed E-state index contributed by atoms with van der Waals surface area (Å²) in [6.45, 7) is 2.89. The maximum atomic E-state index is 12.5. The number of hydroxylamine groups is 1.